The molecule has 1 rings (SSSR count). The van der Waals surface area contributed by atoms with Crippen LogP contribution in [0.5, 0.6) is 0 Å². The third kappa shape index (κ3) is 2.64. The van der Waals surface area contributed by atoms with E-state index in [9.17, 15) is 0 Å². The summed E-state index contributed by atoms with van der Waals surface area (Å²) in [6.07, 6.45) is 0. The number of hydrogen-bond acceptors (Lipinski definition) is 1. The summed E-state index contributed by atoms with van der Waals surface area (Å²) < 4.78 is 0. The Labute approximate surface area is 74.0 Å². The molecule has 0 heterocycles. The Hall–Kier alpha value is -0.860. The van der Waals surface area contributed by atoms with Crippen molar-refractivity contribution >= 4 is 0 Å². The second kappa shape index (κ2) is 4.91. The molecular weight excluding hydrogens is 148 g/mol. The van der Waals surface area contributed by atoms with Crippen LogP contribution in [0.1, 0.15) is 11.1 Å². The molecule has 0 atom stereocenters. The molecule has 65 valence electrons. The molecule has 0 spiro atoms. The summed E-state index contributed by atoms with van der Waals surface area (Å²) in [5.41, 5.74) is 2.51. The molecule has 0 amide bonds. The van der Waals surface area contributed by atoms with Crippen LogP contribution in [0.25, 0.3) is 0 Å². The van der Waals surface area contributed by atoms with E-state index >= 15 is 0 Å². The molecule has 0 aromatic heterocycles. The molecule has 1 radical (unpaired) electrons. The van der Waals surface area contributed by atoms with Crippen LogP contribution >= 0.6 is 0 Å². The van der Waals surface area contributed by atoms with Gasteiger partial charge in [0.2, 0.25) is 0 Å². The molecule has 1 N–H and O–H groups in total. The van der Waals surface area contributed by atoms with E-state index in [0.29, 0.717) is 6.54 Å². The van der Waals surface area contributed by atoms with Crippen molar-refractivity contribution in [3.63, 3.8) is 0 Å². The predicted molar refractivity (Wildman–Crippen MR) is 50.4 cm³/mol. The average Bonchev–Trinajstić information content (AvgIpc) is 2.06. The Balaban J connectivity index is 2.67. The van der Waals surface area contributed by atoms with E-state index in [-0.39, 0.29) is 0 Å². The van der Waals surface area contributed by atoms with E-state index in [1.807, 2.05) is 13.1 Å². The summed E-state index contributed by atoms with van der Waals surface area (Å²) in [5.74, 6) is 0. The second-order valence-electron chi connectivity index (χ2n) is 2.73. The SMILES string of the molecule is [CH2-][N]Cc1cccc(CNC)c1. The van der Waals surface area contributed by atoms with Crippen molar-refractivity contribution in [2.24, 2.45) is 0 Å². The fourth-order valence-electron chi connectivity index (χ4n) is 1.17. The fraction of sp³-hybridized carbons (Fsp3) is 0.300. The van der Waals surface area contributed by atoms with Gasteiger partial charge in [0, 0.05) is 13.1 Å². The monoisotopic (exact) mass is 162 g/mol. The Bertz CT molecular complexity index is 212. The van der Waals surface area contributed by atoms with Gasteiger partial charge in [-0.1, -0.05) is 24.3 Å². The third-order valence-electron chi connectivity index (χ3n) is 1.67. The normalized spacial score (nSPS) is 10.2. The van der Waals surface area contributed by atoms with Crippen molar-refractivity contribution in [1.29, 1.82) is 0 Å². The lowest BCUT2D eigenvalue weighted by Crippen LogP contribution is -2.05. The summed E-state index contributed by atoms with van der Waals surface area (Å²) in [6.45, 7) is 1.61. The van der Waals surface area contributed by atoms with Gasteiger partial charge in [-0.05, 0) is 18.2 Å². The number of nitrogens with one attached hydrogen (secondary N) is 1. The van der Waals surface area contributed by atoms with Crippen molar-refractivity contribution in [1.82, 2.24) is 10.6 Å². The minimum absolute atomic E-state index is 0.706. The summed E-state index contributed by atoms with van der Waals surface area (Å²) in [7, 11) is 5.41. The van der Waals surface area contributed by atoms with Gasteiger partial charge in [0.25, 0.3) is 0 Å². The molecular formula is C10H14N2-. The highest BCUT2D eigenvalue weighted by Gasteiger charge is 1.92. The van der Waals surface area contributed by atoms with Gasteiger partial charge in [-0.15, -0.1) is 0 Å². The van der Waals surface area contributed by atoms with Crippen molar-refractivity contribution < 1.29 is 0 Å². The molecule has 12 heavy (non-hydrogen) atoms. The van der Waals surface area contributed by atoms with E-state index in [1.54, 1.807) is 0 Å². The highest BCUT2D eigenvalue weighted by atomic mass is 14.8. The van der Waals surface area contributed by atoms with Gasteiger partial charge in [0.15, 0.2) is 0 Å². The molecule has 0 saturated carbocycles. The lowest BCUT2D eigenvalue weighted by Gasteiger charge is -2.05. The average molecular weight is 162 g/mol. The maximum Gasteiger partial charge on any atom is 0.0202 e. The predicted octanol–water partition coefficient (Wildman–Crippen LogP) is 1.30. The van der Waals surface area contributed by atoms with E-state index in [4.69, 9.17) is 0 Å². The Kier molecular flexibility index (Phi) is 3.77. The van der Waals surface area contributed by atoms with E-state index in [2.05, 4.69) is 35.9 Å². The summed E-state index contributed by atoms with van der Waals surface area (Å²) in [5, 5.41) is 6.94. The Morgan fingerprint density at radius 1 is 1.42 bits per heavy atom. The molecule has 2 nitrogen and oxygen atoms in total. The smallest absolute Gasteiger partial charge is 0.0202 e. The fourth-order valence-corrected chi connectivity index (χ4v) is 1.17. The first-order valence-corrected chi connectivity index (χ1v) is 4.01. The zero-order valence-corrected chi connectivity index (χ0v) is 7.38. The summed E-state index contributed by atoms with van der Waals surface area (Å²) >= 11 is 0. The molecule has 0 bridgehead atoms. The Morgan fingerprint density at radius 2 is 2.17 bits per heavy atom. The summed E-state index contributed by atoms with van der Waals surface area (Å²) in [4.78, 5) is 0. The minimum Gasteiger partial charge on any atom is -0.420 e. The molecule has 0 aliphatic heterocycles. The highest BCUT2D eigenvalue weighted by Crippen LogP contribution is 2.04. The lowest BCUT2D eigenvalue weighted by atomic mass is 10.1. The maximum absolute atomic E-state index is 3.84. The van der Waals surface area contributed by atoms with Gasteiger partial charge in [0.1, 0.15) is 0 Å². The Morgan fingerprint density at radius 3 is 2.83 bits per heavy atom. The lowest BCUT2D eigenvalue weighted by molar-refractivity contribution is 0.806. The van der Waals surface area contributed by atoms with E-state index < -0.39 is 0 Å². The highest BCUT2D eigenvalue weighted by molar-refractivity contribution is 5.23. The van der Waals surface area contributed by atoms with Gasteiger partial charge in [-0.25, -0.2) is 0 Å². The molecule has 1 aromatic carbocycles. The van der Waals surface area contributed by atoms with Crippen LogP contribution in [0.4, 0.5) is 0 Å². The first kappa shape index (κ1) is 9.23. The third-order valence-corrected chi connectivity index (χ3v) is 1.67. The van der Waals surface area contributed by atoms with E-state index in [0.717, 1.165) is 6.54 Å². The molecule has 1 aromatic rings. The summed E-state index contributed by atoms with van der Waals surface area (Å²) in [6, 6.07) is 8.36. The van der Waals surface area contributed by atoms with Gasteiger partial charge in [-0.2, -0.15) is 0 Å². The largest absolute Gasteiger partial charge is 0.420 e. The van der Waals surface area contributed by atoms with Crippen molar-refractivity contribution in [2.45, 2.75) is 13.1 Å². The number of hydrogen-bond donors (Lipinski definition) is 1. The standard InChI is InChI=1S/C10H14N2/c1-11-7-9-4-3-5-10(6-9)8-12-2/h3-6,12H,1,7-8H2,2H3/q-1. The van der Waals surface area contributed by atoms with E-state index in [1.165, 1.54) is 11.1 Å². The van der Waals surface area contributed by atoms with Crippen LogP contribution in [0.3, 0.4) is 0 Å². The van der Waals surface area contributed by atoms with Gasteiger partial charge >= 0.3 is 0 Å². The van der Waals surface area contributed by atoms with Crippen LogP contribution < -0.4 is 10.6 Å². The van der Waals surface area contributed by atoms with Crippen LogP contribution in [0.2, 0.25) is 0 Å². The van der Waals surface area contributed by atoms with Gasteiger partial charge in [-0.3, -0.25) is 7.05 Å². The first-order valence-electron chi connectivity index (χ1n) is 4.01. The minimum atomic E-state index is 0.706. The van der Waals surface area contributed by atoms with Crippen LogP contribution in [-0.4, -0.2) is 7.05 Å². The zero-order chi connectivity index (χ0) is 8.81. The molecule has 0 saturated heterocycles. The van der Waals surface area contributed by atoms with Crippen molar-refractivity contribution in [3.8, 4) is 0 Å². The first-order chi connectivity index (χ1) is 5.86. The van der Waals surface area contributed by atoms with Crippen molar-refractivity contribution in [2.75, 3.05) is 7.05 Å². The number of benzene rings is 1. The van der Waals surface area contributed by atoms with Crippen molar-refractivity contribution in [3.05, 3.63) is 42.4 Å². The number of rotatable bonds is 4. The molecule has 0 aliphatic carbocycles. The maximum atomic E-state index is 3.84. The van der Waals surface area contributed by atoms with Gasteiger partial charge < -0.3 is 10.6 Å². The molecule has 0 unspecified atom stereocenters. The molecule has 2 heteroatoms. The zero-order valence-electron chi connectivity index (χ0n) is 7.38. The van der Waals surface area contributed by atoms with Crippen LogP contribution in [0, 0.1) is 7.05 Å². The van der Waals surface area contributed by atoms with Crippen LogP contribution in [-0.2, 0) is 13.1 Å². The van der Waals surface area contributed by atoms with Gasteiger partial charge in [0.05, 0.1) is 0 Å². The quantitative estimate of drug-likeness (QED) is 0.664. The number of nitrogens with zero attached hydrogens (tertiary/aromatic N) is 1. The second-order valence-corrected chi connectivity index (χ2v) is 2.73. The van der Waals surface area contributed by atoms with Crippen LogP contribution in [0.15, 0.2) is 24.3 Å². The molecule has 0 aliphatic rings. The topological polar surface area (TPSA) is 26.1 Å². The molecule has 0 fully saturated rings.